The van der Waals surface area contributed by atoms with E-state index in [9.17, 15) is 9.18 Å². The third-order valence-corrected chi connectivity index (χ3v) is 6.01. The van der Waals surface area contributed by atoms with Crippen LogP contribution in [0, 0.1) is 19.7 Å². The Morgan fingerprint density at radius 3 is 2.89 bits per heavy atom. The molecular formula is C19H19FN4OS2. The summed E-state index contributed by atoms with van der Waals surface area (Å²) in [5.74, 6) is -0.0404. The second-order valence-corrected chi connectivity index (χ2v) is 8.07. The van der Waals surface area contributed by atoms with Gasteiger partial charge in [0, 0.05) is 23.5 Å². The number of benzene rings is 1. The summed E-state index contributed by atoms with van der Waals surface area (Å²) in [5, 5.41) is 11.5. The molecule has 1 aromatic carbocycles. The van der Waals surface area contributed by atoms with Crippen molar-refractivity contribution in [3.8, 4) is 0 Å². The van der Waals surface area contributed by atoms with Gasteiger partial charge in [-0.25, -0.2) is 4.39 Å². The Hall–Kier alpha value is -2.45. The van der Waals surface area contributed by atoms with E-state index in [1.165, 1.54) is 29.2 Å². The van der Waals surface area contributed by atoms with E-state index in [1.807, 2.05) is 26.0 Å². The van der Waals surface area contributed by atoms with Crippen molar-refractivity contribution in [3.05, 3.63) is 65.8 Å². The van der Waals surface area contributed by atoms with Crippen LogP contribution in [0.3, 0.4) is 0 Å². The number of aryl methyl sites for hydroxylation is 1. The average Bonchev–Trinajstić information content (AvgIpc) is 3.21. The van der Waals surface area contributed by atoms with Gasteiger partial charge in [-0.15, -0.1) is 16.8 Å². The van der Waals surface area contributed by atoms with E-state index >= 15 is 0 Å². The Balaban J connectivity index is 1.63. The standard InChI is InChI=1S/C19H19FN4OS2/c1-4-9-24-12(2)10-14(13(24)3)17(25)11-26-19-23-22-18(27-19)21-16-8-6-5-7-15(16)20/h4-8,10H,1,9,11H2,2-3H3,(H,21,22). The van der Waals surface area contributed by atoms with Crippen LogP contribution in [0.2, 0.25) is 0 Å². The van der Waals surface area contributed by atoms with Gasteiger partial charge >= 0.3 is 0 Å². The molecule has 3 aromatic rings. The van der Waals surface area contributed by atoms with Crippen LogP contribution < -0.4 is 5.32 Å². The Morgan fingerprint density at radius 1 is 1.37 bits per heavy atom. The van der Waals surface area contributed by atoms with E-state index in [-0.39, 0.29) is 17.4 Å². The van der Waals surface area contributed by atoms with Gasteiger partial charge < -0.3 is 9.88 Å². The van der Waals surface area contributed by atoms with E-state index in [2.05, 4.69) is 26.7 Å². The molecule has 0 aliphatic rings. The number of para-hydroxylation sites is 1. The van der Waals surface area contributed by atoms with Gasteiger partial charge in [0.2, 0.25) is 5.13 Å². The van der Waals surface area contributed by atoms with Crippen LogP contribution in [0.5, 0.6) is 0 Å². The zero-order chi connectivity index (χ0) is 19.4. The minimum atomic E-state index is -0.355. The monoisotopic (exact) mass is 402 g/mol. The van der Waals surface area contributed by atoms with Gasteiger partial charge in [-0.1, -0.05) is 41.3 Å². The van der Waals surface area contributed by atoms with Gasteiger partial charge in [0.15, 0.2) is 10.1 Å². The predicted molar refractivity (Wildman–Crippen MR) is 109 cm³/mol. The maximum atomic E-state index is 13.7. The molecule has 0 fully saturated rings. The molecule has 140 valence electrons. The van der Waals surface area contributed by atoms with Crippen LogP contribution in [0.1, 0.15) is 21.7 Å². The number of carbonyl (C=O) groups is 1. The van der Waals surface area contributed by atoms with Crippen LogP contribution in [0.25, 0.3) is 0 Å². The lowest BCUT2D eigenvalue weighted by Gasteiger charge is -2.05. The number of nitrogens with zero attached hydrogens (tertiary/aromatic N) is 3. The highest BCUT2D eigenvalue weighted by Gasteiger charge is 2.16. The predicted octanol–water partition coefficient (Wildman–Crippen LogP) is 5.00. The van der Waals surface area contributed by atoms with Crippen molar-refractivity contribution < 1.29 is 9.18 Å². The maximum Gasteiger partial charge on any atom is 0.210 e. The molecule has 0 aliphatic heterocycles. The number of thioether (sulfide) groups is 1. The van der Waals surface area contributed by atoms with Gasteiger partial charge in [-0.05, 0) is 32.0 Å². The number of carbonyl (C=O) groups excluding carboxylic acids is 1. The number of allylic oxidation sites excluding steroid dienone is 1. The molecule has 1 N–H and O–H groups in total. The molecule has 3 rings (SSSR count). The quantitative estimate of drug-likeness (QED) is 0.326. The molecule has 0 unspecified atom stereocenters. The SMILES string of the molecule is C=CCn1c(C)cc(C(=O)CSc2nnc(Nc3ccccc3F)s2)c1C. The van der Waals surface area contributed by atoms with Crippen LogP contribution in [-0.4, -0.2) is 26.3 Å². The molecule has 0 saturated heterocycles. The third kappa shape index (κ3) is 4.45. The molecule has 0 radical (unpaired) electrons. The molecule has 0 bridgehead atoms. The van der Waals surface area contributed by atoms with Gasteiger partial charge in [0.1, 0.15) is 5.82 Å². The van der Waals surface area contributed by atoms with E-state index in [0.717, 1.165) is 17.0 Å². The topological polar surface area (TPSA) is 59.8 Å². The highest BCUT2D eigenvalue weighted by molar-refractivity contribution is 8.01. The average molecular weight is 403 g/mol. The largest absolute Gasteiger partial charge is 0.345 e. The molecule has 2 heterocycles. The molecule has 5 nitrogen and oxygen atoms in total. The second kappa shape index (κ2) is 8.49. The number of halogens is 1. The zero-order valence-corrected chi connectivity index (χ0v) is 16.7. The van der Waals surface area contributed by atoms with E-state index in [4.69, 9.17) is 0 Å². The fraction of sp³-hybridized carbons (Fsp3) is 0.211. The van der Waals surface area contributed by atoms with Crippen LogP contribution in [0.15, 0.2) is 47.3 Å². The highest BCUT2D eigenvalue weighted by Crippen LogP contribution is 2.29. The van der Waals surface area contributed by atoms with Gasteiger partial charge in [-0.2, -0.15) is 0 Å². The number of nitrogens with one attached hydrogen (secondary N) is 1. The molecule has 2 aromatic heterocycles. The minimum Gasteiger partial charge on any atom is -0.345 e. The zero-order valence-electron chi connectivity index (χ0n) is 15.0. The number of hydrogen-bond acceptors (Lipinski definition) is 6. The Labute approximate surface area is 165 Å². The fourth-order valence-corrected chi connectivity index (χ4v) is 4.34. The first kappa shape index (κ1) is 19.3. The Kier molecular flexibility index (Phi) is 6.08. The molecule has 27 heavy (non-hydrogen) atoms. The molecule has 0 spiro atoms. The summed E-state index contributed by atoms with van der Waals surface area (Å²) < 4.78 is 16.4. The van der Waals surface area contributed by atoms with Crippen LogP contribution >= 0.6 is 23.1 Å². The lowest BCUT2D eigenvalue weighted by Crippen LogP contribution is -2.06. The molecule has 0 amide bonds. The molecule has 8 heteroatoms. The molecule has 0 aliphatic carbocycles. The van der Waals surface area contributed by atoms with Crippen LogP contribution in [0.4, 0.5) is 15.2 Å². The number of Topliss-reactive ketones (excluding diaryl/α,β-unsaturated/α-hetero) is 1. The van der Waals surface area contributed by atoms with Crippen molar-refractivity contribution in [3.63, 3.8) is 0 Å². The van der Waals surface area contributed by atoms with Crippen molar-refractivity contribution in [2.24, 2.45) is 0 Å². The summed E-state index contributed by atoms with van der Waals surface area (Å²) in [6, 6.07) is 8.28. The van der Waals surface area contributed by atoms with E-state index in [0.29, 0.717) is 21.7 Å². The molecule has 0 atom stereocenters. The Bertz CT molecular complexity index is 980. The number of aromatic nitrogens is 3. The first-order chi connectivity index (χ1) is 13.0. The first-order valence-corrected chi connectivity index (χ1v) is 10.1. The van der Waals surface area contributed by atoms with Crippen molar-refractivity contribution in [2.75, 3.05) is 11.1 Å². The summed E-state index contributed by atoms with van der Waals surface area (Å²) in [6.07, 6.45) is 1.81. The van der Waals surface area contributed by atoms with E-state index < -0.39 is 0 Å². The number of anilines is 2. The van der Waals surface area contributed by atoms with Crippen molar-refractivity contribution in [1.82, 2.24) is 14.8 Å². The number of hydrogen-bond donors (Lipinski definition) is 1. The smallest absolute Gasteiger partial charge is 0.210 e. The summed E-state index contributed by atoms with van der Waals surface area (Å²) in [5.41, 5.74) is 3.04. The maximum absolute atomic E-state index is 13.7. The highest BCUT2D eigenvalue weighted by atomic mass is 32.2. The van der Waals surface area contributed by atoms with Gasteiger partial charge in [-0.3, -0.25) is 4.79 Å². The summed E-state index contributed by atoms with van der Waals surface area (Å²) in [7, 11) is 0. The third-order valence-electron chi connectivity index (χ3n) is 4.03. The second-order valence-electron chi connectivity index (χ2n) is 5.87. The summed E-state index contributed by atoms with van der Waals surface area (Å²) in [4.78, 5) is 12.6. The summed E-state index contributed by atoms with van der Waals surface area (Å²) in [6.45, 7) is 8.35. The van der Waals surface area contributed by atoms with Crippen molar-refractivity contribution >= 4 is 39.7 Å². The normalized spacial score (nSPS) is 10.8. The molecule has 0 saturated carbocycles. The van der Waals surface area contributed by atoms with Crippen LogP contribution in [-0.2, 0) is 6.54 Å². The lowest BCUT2D eigenvalue weighted by molar-refractivity contribution is 0.102. The van der Waals surface area contributed by atoms with Gasteiger partial charge in [0.25, 0.3) is 0 Å². The molecular weight excluding hydrogens is 383 g/mol. The number of rotatable bonds is 8. The van der Waals surface area contributed by atoms with E-state index in [1.54, 1.807) is 18.2 Å². The minimum absolute atomic E-state index is 0.0437. The summed E-state index contributed by atoms with van der Waals surface area (Å²) >= 11 is 2.61. The van der Waals surface area contributed by atoms with Crippen molar-refractivity contribution in [2.45, 2.75) is 24.7 Å². The first-order valence-electron chi connectivity index (χ1n) is 8.28. The lowest BCUT2D eigenvalue weighted by atomic mass is 10.2. The Morgan fingerprint density at radius 2 is 2.15 bits per heavy atom. The fourth-order valence-electron chi connectivity index (χ4n) is 2.69. The van der Waals surface area contributed by atoms with Gasteiger partial charge in [0.05, 0.1) is 11.4 Å². The van der Waals surface area contributed by atoms with Crippen molar-refractivity contribution in [1.29, 1.82) is 0 Å². The number of ketones is 1.